The van der Waals surface area contributed by atoms with Crippen molar-refractivity contribution >= 4 is 17.5 Å². The monoisotopic (exact) mass is 354 g/mol. The molecular weight excluding hydrogens is 336 g/mol. The normalized spacial score (nSPS) is 10.6. The minimum Gasteiger partial charge on any atom is -0.352 e. The second-order valence-corrected chi connectivity index (χ2v) is 6.05. The molecule has 0 unspecified atom stereocenters. The summed E-state index contributed by atoms with van der Waals surface area (Å²) in [6.45, 7) is 2.56. The standard InChI is InChI=1S/C19H19ClN4O/c1-2-18-17(13-23-24(18)16-7-3-6-15(20)11-16)19(25)22-10-8-14-5-4-9-21-12-14/h3-7,9,11-13H,2,8,10H2,1H3,(H,22,25). The van der Waals surface area contributed by atoms with Crippen LogP contribution in [0.3, 0.4) is 0 Å². The predicted octanol–water partition coefficient (Wildman–Crippen LogP) is 3.46. The van der Waals surface area contributed by atoms with E-state index < -0.39 is 0 Å². The molecule has 1 aromatic carbocycles. The fourth-order valence-electron chi connectivity index (χ4n) is 2.70. The van der Waals surface area contributed by atoms with Crippen molar-refractivity contribution in [3.63, 3.8) is 0 Å². The van der Waals surface area contributed by atoms with Crippen molar-refractivity contribution in [2.45, 2.75) is 19.8 Å². The molecule has 0 radical (unpaired) electrons. The smallest absolute Gasteiger partial charge is 0.254 e. The van der Waals surface area contributed by atoms with E-state index in [1.807, 2.05) is 43.3 Å². The Morgan fingerprint density at radius 2 is 2.12 bits per heavy atom. The summed E-state index contributed by atoms with van der Waals surface area (Å²) in [6, 6.07) is 11.3. The lowest BCUT2D eigenvalue weighted by molar-refractivity contribution is 0.0953. The third-order valence-electron chi connectivity index (χ3n) is 3.92. The van der Waals surface area contributed by atoms with E-state index in [-0.39, 0.29) is 5.91 Å². The van der Waals surface area contributed by atoms with Crippen LogP contribution in [0.2, 0.25) is 5.02 Å². The summed E-state index contributed by atoms with van der Waals surface area (Å²) in [4.78, 5) is 16.6. The number of hydrogen-bond acceptors (Lipinski definition) is 3. The molecule has 0 aliphatic heterocycles. The number of halogens is 1. The average Bonchev–Trinajstić information content (AvgIpc) is 3.06. The molecule has 128 valence electrons. The Labute approximate surface area is 151 Å². The summed E-state index contributed by atoms with van der Waals surface area (Å²) < 4.78 is 1.77. The summed E-state index contributed by atoms with van der Waals surface area (Å²) in [5.74, 6) is -0.117. The van der Waals surface area contributed by atoms with Gasteiger partial charge in [-0.25, -0.2) is 4.68 Å². The average molecular weight is 355 g/mol. The zero-order valence-electron chi connectivity index (χ0n) is 13.9. The SMILES string of the molecule is CCc1c(C(=O)NCCc2cccnc2)cnn1-c1cccc(Cl)c1. The summed E-state index contributed by atoms with van der Waals surface area (Å²) in [6.07, 6.45) is 6.58. The Balaban J connectivity index is 1.72. The Morgan fingerprint density at radius 1 is 1.24 bits per heavy atom. The lowest BCUT2D eigenvalue weighted by atomic mass is 10.1. The van der Waals surface area contributed by atoms with Gasteiger partial charge in [0, 0.05) is 24.0 Å². The van der Waals surface area contributed by atoms with Gasteiger partial charge in [-0.05, 0) is 42.7 Å². The van der Waals surface area contributed by atoms with Gasteiger partial charge in [0.1, 0.15) is 0 Å². The van der Waals surface area contributed by atoms with Crippen LogP contribution in [0, 0.1) is 0 Å². The maximum absolute atomic E-state index is 12.5. The van der Waals surface area contributed by atoms with E-state index in [9.17, 15) is 4.79 Å². The van der Waals surface area contributed by atoms with Crippen LogP contribution in [0.5, 0.6) is 0 Å². The van der Waals surface area contributed by atoms with Gasteiger partial charge in [0.15, 0.2) is 0 Å². The molecule has 6 heteroatoms. The van der Waals surface area contributed by atoms with Gasteiger partial charge < -0.3 is 5.32 Å². The zero-order valence-corrected chi connectivity index (χ0v) is 14.7. The summed E-state index contributed by atoms with van der Waals surface area (Å²) in [7, 11) is 0. The number of amides is 1. The highest BCUT2D eigenvalue weighted by Crippen LogP contribution is 2.19. The molecule has 1 N–H and O–H groups in total. The Bertz CT molecular complexity index is 861. The second-order valence-electron chi connectivity index (χ2n) is 5.62. The molecule has 3 rings (SSSR count). The second kappa shape index (κ2) is 7.94. The first-order valence-electron chi connectivity index (χ1n) is 8.19. The van der Waals surface area contributed by atoms with Gasteiger partial charge in [0.05, 0.1) is 23.1 Å². The number of hydrogen-bond donors (Lipinski definition) is 1. The molecule has 5 nitrogen and oxygen atoms in total. The van der Waals surface area contributed by atoms with Gasteiger partial charge in [-0.2, -0.15) is 5.10 Å². The number of carbonyl (C=O) groups excluding carboxylic acids is 1. The molecule has 1 amide bonds. The molecule has 0 saturated carbocycles. The number of pyridine rings is 1. The van der Waals surface area contributed by atoms with Gasteiger partial charge in [-0.1, -0.05) is 30.7 Å². The quantitative estimate of drug-likeness (QED) is 0.737. The topological polar surface area (TPSA) is 59.8 Å². The molecular formula is C19H19ClN4O. The Hall–Kier alpha value is -2.66. The first kappa shape index (κ1) is 17.2. The van der Waals surface area contributed by atoms with E-state index in [1.54, 1.807) is 23.3 Å². The number of rotatable bonds is 6. The fraction of sp³-hybridized carbons (Fsp3) is 0.211. The van der Waals surface area contributed by atoms with Crippen molar-refractivity contribution in [2.24, 2.45) is 0 Å². The maximum atomic E-state index is 12.5. The first-order valence-corrected chi connectivity index (χ1v) is 8.56. The summed E-state index contributed by atoms with van der Waals surface area (Å²) in [5, 5.41) is 7.96. The molecule has 25 heavy (non-hydrogen) atoms. The molecule has 0 atom stereocenters. The molecule has 2 aromatic heterocycles. The molecule has 2 heterocycles. The van der Waals surface area contributed by atoms with E-state index >= 15 is 0 Å². The minimum absolute atomic E-state index is 0.117. The van der Waals surface area contributed by atoms with E-state index in [1.165, 1.54) is 0 Å². The van der Waals surface area contributed by atoms with Crippen molar-refractivity contribution in [1.82, 2.24) is 20.1 Å². The van der Waals surface area contributed by atoms with Crippen LogP contribution in [0.15, 0.2) is 55.0 Å². The number of benzene rings is 1. The summed E-state index contributed by atoms with van der Waals surface area (Å²) in [5.41, 5.74) is 3.39. The molecule has 0 saturated heterocycles. The minimum atomic E-state index is -0.117. The molecule has 3 aromatic rings. The van der Waals surface area contributed by atoms with Crippen LogP contribution in [0.1, 0.15) is 28.5 Å². The van der Waals surface area contributed by atoms with Crippen LogP contribution in [0.25, 0.3) is 5.69 Å². The predicted molar refractivity (Wildman–Crippen MR) is 98.2 cm³/mol. The van der Waals surface area contributed by atoms with Crippen molar-refractivity contribution in [3.05, 3.63) is 76.8 Å². The molecule has 0 spiro atoms. The third-order valence-corrected chi connectivity index (χ3v) is 4.16. The molecule has 0 aliphatic carbocycles. The molecule has 0 fully saturated rings. The van der Waals surface area contributed by atoms with Crippen LogP contribution in [-0.4, -0.2) is 27.2 Å². The fourth-order valence-corrected chi connectivity index (χ4v) is 2.88. The van der Waals surface area contributed by atoms with E-state index in [4.69, 9.17) is 11.6 Å². The van der Waals surface area contributed by atoms with Gasteiger partial charge in [-0.15, -0.1) is 0 Å². The first-order chi connectivity index (χ1) is 12.2. The summed E-state index contributed by atoms with van der Waals surface area (Å²) >= 11 is 6.06. The van der Waals surface area contributed by atoms with Gasteiger partial charge in [-0.3, -0.25) is 9.78 Å². The van der Waals surface area contributed by atoms with Gasteiger partial charge >= 0.3 is 0 Å². The van der Waals surface area contributed by atoms with Crippen molar-refractivity contribution in [1.29, 1.82) is 0 Å². The number of nitrogens with zero attached hydrogens (tertiary/aromatic N) is 3. The van der Waals surface area contributed by atoms with E-state index in [0.717, 1.165) is 23.4 Å². The maximum Gasteiger partial charge on any atom is 0.254 e. The van der Waals surface area contributed by atoms with Crippen molar-refractivity contribution < 1.29 is 4.79 Å². The Kier molecular flexibility index (Phi) is 5.46. The van der Waals surface area contributed by atoms with Crippen LogP contribution in [-0.2, 0) is 12.8 Å². The largest absolute Gasteiger partial charge is 0.352 e. The van der Waals surface area contributed by atoms with E-state index in [0.29, 0.717) is 23.6 Å². The molecule has 0 bridgehead atoms. The van der Waals surface area contributed by atoms with Gasteiger partial charge in [0.25, 0.3) is 5.91 Å². The Morgan fingerprint density at radius 3 is 2.84 bits per heavy atom. The van der Waals surface area contributed by atoms with Gasteiger partial charge in [0.2, 0.25) is 0 Å². The highest BCUT2D eigenvalue weighted by molar-refractivity contribution is 6.30. The van der Waals surface area contributed by atoms with Crippen LogP contribution < -0.4 is 5.32 Å². The van der Waals surface area contributed by atoms with E-state index in [2.05, 4.69) is 15.4 Å². The number of carbonyl (C=O) groups is 1. The van der Waals surface area contributed by atoms with Crippen molar-refractivity contribution in [3.8, 4) is 5.69 Å². The highest BCUT2D eigenvalue weighted by atomic mass is 35.5. The third kappa shape index (κ3) is 4.06. The number of aromatic nitrogens is 3. The number of nitrogens with one attached hydrogen (secondary N) is 1. The zero-order chi connectivity index (χ0) is 17.6. The van der Waals surface area contributed by atoms with Crippen LogP contribution in [0.4, 0.5) is 0 Å². The van der Waals surface area contributed by atoms with Crippen molar-refractivity contribution in [2.75, 3.05) is 6.54 Å². The lowest BCUT2D eigenvalue weighted by Crippen LogP contribution is -2.26. The highest BCUT2D eigenvalue weighted by Gasteiger charge is 2.17. The lowest BCUT2D eigenvalue weighted by Gasteiger charge is -2.09. The van der Waals surface area contributed by atoms with Crippen LogP contribution >= 0.6 is 11.6 Å². The molecule has 0 aliphatic rings.